The molecule has 3 nitrogen and oxygen atoms in total. The van der Waals surface area contributed by atoms with Crippen LogP contribution in [0.25, 0.3) is 0 Å². The van der Waals surface area contributed by atoms with Crippen LogP contribution in [0.5, 0.6) is 0 Å². The first-order chi connectivity index (χ1) is 7.86. The summed E-state index contributed by atoms with van der Waals surface area (Å²) in [5, 5.41) is 3.69. The number of hydrogen-bond acceptors (Lipinski definition) is 3. The first-order valence-electron chi connectivity index (χ1n) is 6.16. The summed E-state index contributed by atoms with van der Waals surface area (Å²) in [5.41, 5.74) is 0.830. The van der Waals surface area contributed by atoms with Gasteiger partial charge in [-0.2, -0.15) is 0 Å². The molecule has 1 aromatic heterocycles. The van der Waals surface area contributed by atoms with Gasteiger partial charge < -0.3 is 5.32 Å². The van der Waals surface area contributed by atoms with Crippen LogP contribution in [0, 0.1) is 11.3 Å². The molecule has 1 aromatic rings. The lowest BCUT2D eigenvalue weighted by atomic mass is 9.93. The van der Waals surface area contributed by atoms with Crippen LogP contribution in [0.4, 0.5) is 5.13 Å². The van der Waals surface area contributed by atoms with Crippen molar-refractivity contribution in [3.8, 4) is 0 Å². The molecule has 0 fully saturated rings. The van der Waals surface area contributed by atoms with Gasteiger partial charge in [0.15, 0.2) is 5.13 Å². The summed E-state index contributed by atoms with van der Waals surface area (Å²) < 4.78 is 0. The zero-order chi connectivity index (χ0) is 12.6. The largest absolute Gasteiger partial charge is 0.302 e. The lowest BCUT2D eigenvalue weighted by Crippen LogP contribution is -2.27. The summed E-state index contributed by atoms with van der Waals surface area (Å²) in [7, 11) is 0. The summed E-state index contributed by atoms with van der Waals surface area (Å²) in [6, 6.07) is 0. The summed E-state index contributed by atoms with van der Waals surface area (Å²) in [6.45, 7) is 8.02. The number of fused-ring (bicyclic) bond motifs is 1. The number of hydrogen-bond donors (Lipinski definition) is 1. The second-order valence-electron chi connectivity index (χ2n) is 5.94. The maximum Gasteiger partial charge on any atom is 0.231 e. The van der Waals surface area contributed by atoms with Gasteiger partial charge in [0, 0.05) is 10.3 Å². The van der Waals surface area contributed by atoms with Gasteiger partial charge in [-0.15, -0.1) is 11.3 Å². The molecule has 1 N–H and O–H groups in total. The van der Waals surface area contributed by atoms with E-state index in [1.54, 1.807) is 11.3 Å². The van der Waals surface area contributed by atoms with E-state index in [-0.39, 0.29) is 11.3 Å². The van der Waals surface area contributed by atoms with E-state index in [0.29, 0.717) is 0 Å². The van der Waals surface area contributed by atoms with Crippen LogP contribution < -0.4 is 5.32 Å². The molecule has 0 unspecified atom stereocenters. The summed E-state index contributed by atoms with van der Waals surface area (Å²) in [5.74, 6) is 0.783. The minimum Gasteiger partial charge on any atom is -0.302 e. The first-order valence-corrected chi connectivity index (χ1v) is 6.98. The molecule has 1 aliphatic carbocycles. The smallest absolute Gasteiger partial charge is 0.231 e. The van der Waals surface area contributed by atoms with E-state index < -0.39 is 0 Å². The number of carbonyl (C=O) groups excluding carboxylic acids is 1. The van der Waals surface area contributed by atoms with Crippen molar-refractivity contribution in [2.45, 2.75) is 47.0 Å². The molecule has 1 amide bonds. The van der Waals surface area contributed by atoms with Gasteiger partial charge in [0.2, 0.25) is 5.91 Å². The lowest BCUT2D eigenvalue weighted by molar-refractivity contribution is -0.123. The number of nitrogens with one attached hydrogen (secondary N) is 1. The van der Waals surface area contributed by atoms with Gasteiger partial charge in [0.1, 0.15) is 0 Å². The van der Waals surface area contributed by atoms with E-state index >= 15 is 0 Å². The maximum absolute atomic E-state index is 11.9. The Labute approximate surface area is 107 Å². The fraction of sp³-hybridized carbons (Fsp3) is 0.692. The molecule has 2 rings (SSSR count). The number of carbonyl (C=O) groups is 1. The number of anilines is 1. The second-order valence-corrected chi connectivity index (χ2v) is 7.02. The molecule has 0 bridgehead atoms. The fourth-order valence-corrected chi connectivity index (χ4v) is 3.04. The predicted molar refractivity (Wildman–Crippen MR) is 71.4 cm³/mol. The number of aromatic nitrogens is 1. The number of amides is 1. The molecule has 0 spiro atoms. The molecule has 1 heterocycles. The third-order valence-corrected chi connectivity index (χ3v) is 4.12. The van der Waals surface area contributed by atoms with Crippen molar-refractivity contribution in [1.29, 1.82) is 0 Å². The van der Waals surface area contributed by atoms with Gasteiger partial charge in [0.05, 0.1) is 5.69 Å². The molecule has 94 valence electrons. The molecule has 0 saturated heterocycles. The Morgan fingerprint density at radius 1 is 1.47 bits per heavy atom. The van der Waals surface area contributed by atoms with Gasteiger partial charge >= 0.3 is 0 Å². The highest BCUT2D eigenvalue weighted by molar-refractivity contribution is 7.15. The normalized spacial score (nSPS) is 19.9. The molecule has 1 aliphatic rings. The van der Waals surface area contributed by atoms with Crippen LogP contribution >= 0.6 is 11.3 Å². The highest BCUT2D eigenvalue weighted by Crippen LogP contribution is 2.32. The van der Waals surface area contributed by atoms with Crippen molar-refractivity contribution in [2.24, 2.45) is 11.3 Å². The Hall–Kier alpha value is -0.900. The summed E-state index contributed by atoms with van der Waals surface area (Å²) in [6.07, 6.45) is 3.38. The van der Waals surface area contributed by atoms with Gasteiger partial charge in [-0.3, -0.25) is 4.79 Å². The Balaban J connectivity index is 2.11. The molecule has 4 heteroatoms. The Kier molecular flexibility index (Phi) is 3.25. The van der Waals surface area contributed by atoms with Crippen LogP contribution in [0.15, 0.2) is 0 Å². The summed E-state index contributed by atoms with van der Waals surface area (Å²) >= 11 is 1.64. The van der Waals surface area contributed by atoms with Gasteiger partial charge in [-0.25, -0.2) is 4.98 Å². The van der Waals surface area contributed by atoms with Crippen LogP contribution in [0.3, 0.4) is 0 Å². The minimum atomic E-state index is -0.362. The van der Waals surface area contributed by atoms with Crippen LogP contribution in [0.2, 0.25) is 0 Å². The SMILES string of the molecule is C[C@H]1CCc2nc(NC(=O)C(C)(C)C)sc2C1. The third-order valence-electron chi connectivity index (χ3n) is 3.09. The minimum absolute atomic E-state index is 0.0386. The quantitative estimate of drug-likeness (QED) is 0.833. The van der Waals surface area contributed by atoms with E-state index in [4.69, 9.17) is 0 Å². The standard InChI is InChI=1S/C13H20N2OS/c1-8-5-6-9-10(7-8)17-12(14-9)15-11(16)13(2,3)4/h8H,5-7H2,1-4H3,(H,14,15,16)/t8-/m0/s1. The molecule has 0 aromatic carbocycles. The molecule has 0 radical (unpaired) electrons. The number of thiazole rings is 1. The Bertz CT molecular complexity index is 431. The second kappa shape index (κ2) is 4.41. The van der Waals surface area contributed by atoms with E-state index in [0.717, 1.165) is 23.9 Å². The molecule has 1 atom stereocenters. The summed E-state index contributed by atoms with van der Waals surface area (Å²) in [4.78, 5) is 17.7. The Morgan fingerprint density at radius 3 is 2.82 bits per heavy atom. The fourth-order valence-electron chi connectivity index (χ4n) is 1.88. The third kappa shape index (κ3) is 2.86. The first kappa shape index (κ1) is 12.6. The van der Waals surface area contributed by atoms with Crippen LogP contribution in [-0.4, -0.2) is 10.9 Å². The zero-order valence-corrected chi connectivity index (χ0v) is 11.8. The van der Waals surface area contributed by atoms with Crippen molar-refractivity contribution < 1.29 is 4.79 Å². The van der Waals surface area contributed by atoms with Crippen LogP contribution in [-0.2, 0) is 17.6 Å². The number of aryl methyl sites for hydroxylation is 1. The van der Waals surface area contributed by atoms with E-state index in [9.17, 15) is 4.79 Å². The van der Waals surface area contributed by atoms with E-state index in [2.05, 4.69) is 17.2 Å². The average Bonchev–Trinajstić information content (AvgIpc) is 2.57. The Morgan fingerprint density at radius 2 is 2.18 bits per heavy atom. The van der Waals surface area contributed by atoms with Crippen molar-refractivity contribution in [2.75, 3.05) is 5.32 Å². The molecular formula is C13H20N2OS. The van der Waals surface area contributed by atoms with E-state index in [1.165, 1.54) is 17.0 Å². The van der Waals surface area contributed by atoms with Gasteiger partial charge in [-0.1, -0.05) is 27.7 Å². The van der Waals surface area contributed by atoms with Crippen molar-refractivity contribution in [1.82, 2.24) is 4.98 Å². The number of rotatable bonds is 1. The molecule has 0 saturated carbocycles. The van der Waals surface area contributed by atoms with Crippen LogP contribution in [0.1, 0.15) is 44.7 Å². The highest BCUT2D eigenvalue weighted by Gasteiger charge is 2.24. The van der Waals surface area contributed by atoms with E-state index in [1.807, 2.05) is 20.8 Å². The molecular weight excluding hydrogens is 232 g/mol. The zero-order valence-electron chi connectivity index (χ0n) is 11.0. The van der Waals surface area contributed by atoms with Gasteiger partial charge in [0.25, 0.3) is 0 Å². The maximum atomic E-state index is 11.9. The van der Waals surface area contributed by atoms with Crippen molar-refractivity contribution >= 4 is 22.4 Å². The van der Waals surface area contributed by atoms with Gasteiger partial charge in [-0.05, 0) is 25.2 Å². The van der Waals surface area contributed by atoms with Crippen molar-refractivity contribution in [3.63, 3.8) is 0 Å². The predicted octanol–water partition coefficient (Wildman–Crippen LogP) is 3.25. The molecule has 17 heavy (non-hydrogen) atoms. The average molecular weight is 252 g/mol. The molecule has 0 aliphatic heterocycles. The highest BCUT2D eigenvalue weighted by atomic mass is 32.1. The lowest BCUT2D eigenvalue weighted by Gasteiger charge is -2.15. The topological polar surface area (TPSA) is 42.0 Å². The van der Waals surface area contributed by atoms with Crippen molar-refractivity contribution in [3.05, 3.63) is 10.6 Å². The number of nitrogens with zero attached hydrogens (tertiary/aromatic N) is 1. The monoisotopic (exact) mass is 252 g/mol.